The van der Waals surface area contributed by atoms with Crippen LogP contribution in [-0.2, 0) is 0 Å². The van der Waals surface area contributed by atoms with Crippen molar-refractivity contribution in [1.29, 1.82) is 0 Å². The van der Waals surface area contributed by atoms with Gasteiger partial charge in [-0.1, -0.05) is 0 Å². The maximum Gasteiger partial charge on any atom is 0.301 e. The number of nitrogens with zero attached hydrogens (tertiary/aromatic N) is 1. The number of rotatable bonds is 3. The van der Waals surface area contributed by atoms with Crippen molar-refractivity contribution in [2.24, 2.45) is 0 Å². The summed E-state index contributed by atoms with van der Waals surface area (Å²) in [5.41, 5.74) is -0.251. The predicted molar refractivity (Wildman–Crippen MR) is 57.9 cm³/mol. The normalized spacial score (nSPS) is 9.81. The van der Waals surface area contributed by atoms with E-state index in [4.69, 9.17) is 9.47 Å². The minimum atomic E-state index is -0.251. The Bertz CT molecular complexity index is 519. The van der Waals surface area contributed by atoms with Crippen molar-refractivity contribution in [3.63, 3.8) is 0 Å². The average molecular weight is 218 g/mol. The van der Waals surface area contributed by atoms with Crippen molar-refractivity contribution in [3.8, 4) is 17.5 Å². The van der Waals surface area contributed by atoms with E-state index >= 15 is 0 Å². The largest absolute Gasteiger partial charge is 0.497 e. The topological polar surface area (TPSA) is 64.2 Å². The molecule has 0 amide bonds. The molecule has 0 aliphatic heterocycles. The first-order valence-electron chi connectivity index (χ1n) is 4.65. The molecule has 0 radical (unpaired) electrons. The molecule has 0 atom stereocenters. The predicted octanol–water partition coefficient (Wildman–Crippen LogP) is 1.57. The summed E-state index contributed by atoms with van der Waals surface area (Å²) in [6.07, 6.45) is 1.39. The van der Waals surface area contributed by atoms with Gasteiger partial charge in [-0.15, -0.1) is 0 Å². The van der Waals surface area contributed by atoms with Gasteiger partial charge in [0.25, 0.3) is 5.56 Å². The summed E-state index contributed by atoms with van der Waals surface area (Å²) in [5, 5.41) is 0. The highest BCUT2D eigenvalue weighted by molar-refractivity contribution is 5.32. The highest BCUT2D eigenvalue weighted by atomic mass is 16.5. The van der Waals surface area contributed by atoms with Crippen LogP contribution in [0.2, 0.25) is 0 Å². The molecule has 1 aromatic heterocycles. The highest BCUT2D eigenvalue weighted by Gasteiger charge is 1.99. The lowest BCUT2D eigenvalue weighted by Crippen LogP contribution is -2.05. The summed E-state index contributed by atoms with van der Waals surface area (Å²) in [7, 11) is 1.59. The molecule has 0 aliphatic carbocycles. The second-order valence-corrected chi connectivity index (χ2v) is 3.02. The van der Waals surface area contributed by atoms with Crippen molar-refractivity contribution >= 4 is 0 Å². The summed E-state index contributed by atoms with van der Waals surface area (Å²) in [4.78, 5) is 17.3. The molecular formula is C11H10N2O3. The molecule has 5 nitrogen and oxygen atoms in total. The van der Waals surface area contributed by atoms with E-state index in [0.29, 0.717) is 5.75 Å². The molecular weight excluding hydrogens is 208 g/mol. The minimum Gasteiger partial charge on any atom is -0.497 e. The van der Waals surface area contributed by atoms with Gasteiger partial charge in [-0.3, -0.25) is 9.78 Å². The highest BCUT2D eigenvalue weighted by Crippen LogP contribution is 2.20. The molecule has 1 aromatic carbocycles. The molecule has 82 valence electrons. The molecule has 2 rings (SSSR count). The zero-order valence-corrected chi connectivity index (χ0v) is 8.64. The third-order valence-corrected chi connectivity index (χ3v) is 1.92. The van der Waals surface area contributed by atoms with E-state index in [0.717, 1.165) is 5.75 Å². The van der Waals surface area contributed by atoms with Crippen LogP contribution in [0.4, 0.5) is 0 Å². The fourth-order valence-electron chi connectivity index (χ4n) is 1.16. The summed E-state index contributed by atoms with van der Waals surface area (Å²) in [5.74, 6) is 1.32. The van der Waals surface area contributed by atoms with Crippen LogP contribution in [0.3, 0.4) is 0 Å². The second kappa shape index (κ2) is 4.48. The Morgan fingerprint density at radius 3 is 2.44 bits per heavy atom. The lowest BCUT2D eigenvalue weighted by atomic mass is 10.3. The molecule has 1 N–H and O–H groups in total. The number of hydrogen-bond acceptors (Lipinski definition) is 4. The van der Waals surface area contributed by atoms with Gasteiger partial charge >= 0.3 is 6.01 Å². The van der Waals surface area contributed by atoms with Gasteiger partial charge in [0.15, 0.2) is 0 Å². The molecule has 0 fully saturated rings. The number of ether oxygens (including phenoxy) is 2. The van der Waals surface area contributed by atoms with Crippen LogP contribution in [0.25, 0.3) is 0 Å². The molecule has 1 heterocycles. The van der Waals surface area contributed by atoms with E-state index < -0.39 is 0 Å². The first-order chi connectivity index (χ1) is 7.78. The van der Waals surface area contributed by atoms with Gasteiger partial charge in [0.05, 0.1) is 7.11 Å². The smallest absolute Gasteiger partial charge is 0.301 e. The number of aromatic nitrogens is 2. The zero-order valence-electron chi connectivity index (χ0n) is 8.64. The minimum absolute atomic E-state index is 0.165. The van der Waals surface area contributed by atoms with Gasteiger partial charge in [-0.25, -0.2) is 4.98 Å². The van der Waals surface area contributed by atoms with Gasteiger partial charge in [0.2, 0.25) is 0 Å². The molecule has 0 bridgehead atoms. The van der Waals surface area contributed by atoms with E-state index in [1.54, 1.807) is 31.4 Å². The van der Waals surface area contributed by atoms with Crippen LogP contribution < -0.4 is 15.0 Å². The van der Waals surface area contributed by atoms with Crippen molar-refractivity contribution in [2.45, 2.75) is 0 Å². The maximum atomic E-state index is 11.0. The van der Waals surface area contributed by atoms with Gasteiger partial charge in [0.1, 0.15) is 11.5 Å². The van der Waals surface area contributed by atoms with Crippen molar-refractivity contribution in [2.75, 3.05) is 7.11 Å². The fourth-order valence-corrected chi connectivity index (χ4v) is 1.16. The van der Waals surface area contributed by atoms with Gasteiger partial charge < -0.3 is 9.47 Å². The number of hydrogen-bond donors (Lipinski definition) is 1. The second-order valence-electron chi connectivity index (χ2n) is 3.02. The average Bonchev–Trinajstić information content (AvgIpc) is 2.30. The van der Waals surface area contributed by atoms with E-state index in [1.807, 2.05) is 0 Å². The SMILES string of the molecule is COc1ccc(Oc2nccc(=O)[nH]2)cc1. The summed E-state index contributed by atoms with van der Waals surface area (Å²) < 4.78 is 10.3. The van der Waals surface area contributed by atoms with Crippen LogP contribution in [0, 0.1) is 0 Å². The number of H-pyrrole nitrogens is 1. The Balaban J connectivity index is 2.17. The number of aromatic amines is 1. The lowest BCUT2D eigenvalue weighted by Gasteiger charge is -2.04. The summed E-state index contributed by atoms with van der Waals surface area (Å²) >= 11 is 0. The standard InChI is InChI=1S/C11H10N2O3/c1-15-8-2-4-9(5-3-8)16-11-12-7-6-10(14)13-11/h2-7H,1H3,(H,12,13,14). The molecule has 5 heteroatoms. The van der Waals surface area contributed by atoms with E-state index in [-0.39, 0.29) is 11.6 Å². The van der Waals surface area contributed by atoms with E-state index in [9.17, 15) is 4.79 Å². The Morgan fingerprint density at radius 2 is 1.81 bits per heavy atom. The van der Waals surface area contributed by atoms with E-state index in [2.05, 4.69) is 9.97 Å². The Kier molecular flexibility index (Phi) is 2.86. The van der Waals surface area contributed by atoms with Crippen LogP contribution in [0.15, 0.2) is 41.3 Å². The Morgan fingerprint density at radius 1 is 1.12 bits per heavy atom. The molecule has 0 spiro atoms. The quantitative estimate of drug-likeness (QED) is 0.849. The third kappa shape index (κ3) is 2.38. The number of methoxy groups -OCH3 is 1. The molecule has 0 saturated carbocycles. The molecule has 0 saturated heterocycles. The van der Waals surface area contributed by atoms with Crippen LogP contribution in [0.1, 0.15) is 0 Å². The molecule has 0 unspecified atom stereocenters. The first kappa shape index (κ1) is 10.2. The Hall–Kier alpha value is -2.30. The van der Waals surface area contributed by atoms with Crippen molar-refractivity contribution in [1.82, 2.24) is 9.97 Å². The number of benzene rings is 1. The monoisotopic (exact) mass is 218 g/mol. The Labute approximate surface area is 91.7 Å². The maximum absolute atomic E-state index is 11.0. The van der Waals surface area contributed by atoms with Crippen LogP contribution in [0.5, 0.6) is 17.5 Å². The molecule has 2 aromatic rings. The van der Waals surface area contributed by atoms with Gasteiger partial charge in [0, 0.05) is 12.3 Å². The fraction of sp³-hybridized carbons (Fsp3) is 0.0909. The number of nitrogens with one attached hydrogen (secondary N) is 1. The molecule has 0 aliphatic rings. The van der Waals surface area contributed by atoms with Crippen LogP contribution in [-0.4, -0.2) is 17.1 Å². The third-order valence-electron chi connectivity index (χ3n) is 1.92. The van der Waals surface area contributed by atoms with Gasteiger partial charge in [-0.2, -0.15) is 0 Å². The van der Waals surface area contributed by atoms with Gasteiger partial charge in [-0.05, 0) is 24.3 Å². The van der Waals surface area contributed by atoms with Crippen LogP contribution >= 0.6 is 0 Å². The van der Waals surface area contributed by atoms with E-state index in [1.165, 1.54) is 12.3 Å². The summed E-state index contributed by atoms with van der Waals surface area (Å²) in [6, 6.07) is 8.46. The summed E-state index contributed by atoms with van der Waals surface area (Å²) in [6.45, 7) is 0. The first-order valence-corrected chi connectivity index (χ1v) is 4.65. The zero-order chi connectivity index (χ0) is 11.4. The molecule has 16 heavy (non-hydrogen) atoms. The van der Waals surface area contributed by atoms with Crippen molar-refractivity contribution < 1.29 is 9.47 Å². The lowest BCUT2D eigenvalue weighted by molar-refractivity contribution is 0.410. The van der Waals surface area contributed by atoms with Crippen molar-refractivity contribution in [3.05, 3.63) is 46.9 Å².